The van der Waals surface area contributed by atoms with Gasteiger partial charge in [0.1, 0.15) is 5.15 Å². The van der Waals surface area contributed by atoms with E-state index in [9.17, 15) is 0 Å². The van der Waals surface area contributed by atoms with Gasteiger partial charge < -0.3 is 0 Å². The van der Waals surface area contributed by atoms with Crippen LogP contribution in [0.3, 0.4) is 0 Å². The van der Waals surface area contributed by atoms with Gasteiger partial charge in [0.2, 0.25) is 5.28 Å². The van der Waals surface area contributed by atoms with Crippen LogP contribution in [-0.4, -0.2) is 18.8 Å². The van der Waals surface area contributed by atoms with Crippen molar-refractivity contribution >= 4 is 48.0 Å². The Morgan fingerprint density at radius 1 is 0.952 bits per heavy atom. The van der Waals surface area contributed by atoms with Crippen molar-refractivity contribution < 1.29 is 0 Å². The summed E-state index contributed by atoms with van der Waals surface area (Å²) in [7, 11) is -1.02. The molecule has 0 atom stereocenters. The van der Waals surface area contributed by atoms with E-state index in [-0.39, 0.29) is 5.28 Å². The van der Waals surface area contributed by atoms with Gasteiger partial charge in [0, 0.05) is 11.6 Å². The Kier molecular flexibility index (Phi) is 3.98. The molecule has 2 aromatic carbocycles. The van der Waals surface area contributed by atoms with Crippen LogP contribution in [0.15, 0.2) is 42.5 Å². The normalized spacial score (nSPS) is 11.3. The van der Waals surface area contributed by atoms with Crippen molar-refractivity contribution in [3.63, 3.8) is 0 Å². The fourth-order valence-corrected chi connectivity index (χ4v) is 4.34. The molecule has 2 nitrogen and oxygen atoms in total. The quantitative estimate of drug-likeness (QED) is 0.397. The molecule has 0 spiro atoms. The maximum atomic E-state index is 6.06. The monoisotopic (exact) mass is 332 g/mol. The SMILES string of the molecule is C[SiH](C)c1ccc2ccccc2c1-c1cc(Cl)nc(Cl)n1. The average molecular weight is 333 g/mol. The first kappa shape index (κ1) is 14.5. The fraction of sp³-hybridized carbons (Fsp3) is 0.125. The van der Waals surface area contributed by atoms with Crippen LogP contribution < -0.4 is 5.19 Å². The highest BCUT2D eigenvalue weighted by Crippen LogP contribution is 2.28. The third kappa shape index (κ3) is 2.82. The van der Waals surface area contributed by atoms with Crippen LogP contribution in [-0.2, 0) is 0 Å². The van der Waals surface area contributed by atoms with Gasteiger partial charge in [-0.2, -0.15) is 0 Å². The van der Waals surface area contributed by atoms with Crippen molar-refractivity contribution in [2.24, 2.45) is 0 Å². The number of benzene rings is 2. The highest BCUT2D eigenvalue weighted by molar-refractivity contribution is 6.72. The topological polar surface area (TPSA) is 25.8 Å². The Labute approximate surface area is 135 Å². The summed E-state index contributed by atoms with van der Waals surface area (Å²) in [6.45, 7) is 4.61. The van der Waals surface area contributed by atoms with Gasteiger partial charge >= 0.3 is 0 Å². The Morgan fingerprint density at radius 3 is 2.43 bits per heavy atom. The van der Waals surface area contributed by atoms with Crippen LogP contribution in [0.5, 0.6) is 0 Å². The van der Waals surface area contributed by atoms with Crippen LogP contribution in [0.1, 0.15) is 0 Å². The zero-order valence-electron chi connectivity index (χ0n) is 11.8. The van der Waals surface area contributed by atoms with Gasteiger partial charge in [-0.1, -0.05) is 66.3 Å². The Morgan fingerprint density at radius 2 is 1.71 bits per heavy atom. The average Bonchev–Trinajstić information content (AvgIpc) is 2.44. The standard InChI is InChI=1S/C16H14Cl2N2Si/c1-21(2)13-8-7-10-5-3-4-6-11(10)15(13)12-9-14(17)20-16(18)19-12/h3-9,21H,1-2H3. The molecule has 0 saturated heterocycles. The molecular weight excluding hydrogens is 319 g/mol. The lowest BCUT2D eigenvalue weighted by molar-refractivity contribution is 1.18. The molecule has 3 aromatic rings. The highest BCUT2D eigenvalue weighted by Gasteiger charge is 2.15. The maximum Gasteiger partial charge on any atom is 0.224 e. The molecule has 5 heteroatoms. The molecular formula is C16H14Cl2N2Si. The summed E-state index contributed by atoms with van der Waals surface area (Å²) in [6, 6.07) is 14.5. The van der Waals surface area contributed by atoms with Crippen molar-refractivity contribution in [2.75, 3.05) is 0 Å². The summed E-state index contributed by atoms with van der Waals surface area (Å²) < 4.78 is 0. The molecule has 1 aromatic heterocycles. The van der Waals surface area contributed by atoms with Crippen molar-refractivity contribution in [2.45, 2.75) is 13.1 Å². The molecule has 106 valence electrons. The smallest absolute Gasteiger partial charge is 0.218 e. The summed E-state index contributed by atoms with van der Waals surface area (Å²) in [5.41, 5.74) is 1.94. The third-order valence-corrected chi connectivity index (χ3v) is 5.59. The molecule has 0 bridgehead atoms. The van der Waals surface area contributed by atoms with Gasteiger partial charge in [-0.15, -0.1) is 0 Å². The Balaban J connectivity index is 2.40. The lowest BCUT2D eigenvalue weighted by Crippen LogP contribution is -2.25. The van der Waals surface area contributed by atoms with E-state index in [2.05, 4.69) is 47.3 Å². The van der Waals surface area contributed by atoms with Crippen LogP contribution in [0.4, 0.5) is 0 Å². The summed E-state index contributed by atoms with van der Waals surface area (Å²) in [5, 5.41) is 4.29. The highest BCUT2D eigenvalue weighted by atomic mass is 35.5. The second-order valence-corrected chi connectivity index (χ2v) is 8.91. The number of nitrogens with zero attached hydrogens (tertiary/aromatic N) is 2. The number of rotatable bonds is 2. The van der Waals surface area contributed by atoms with Crippen LogP contribution in [0, 0.1) is 0 Å². The van der Waals surface area contributed by atoms with Crippen molar-refractivity contribution in [3.8, 4) is 11.3 Å². The van der Waals surface area contributed by atoms with Gasteiger partial charge in [0.05, 0.1) is 14.5 Å². The second kappa shape index (κ2) is 5.76. The third-order valence-electron chi connectivity index (χ3n) is 3.51. The first-order chi connectivity index (χ1) is 10.1. The zero-order valence-corrected chi connectivity index (χ0v) is 14.4. The summed E-state index contributed by atoms with van der Waals surface area (Å²) >= 11 is 12.0. The van der Waals surface area contributed by atoms with Gasteiger partial charge in [0.15, 0.2) is 0 Å². The van der Waals surface area contributed by atoms with E-state index in [0.717, 1.165) is 11.3 Å². The van der Waals surface area contributed by atoms with Gasteiger partial charge in [-0.3, -0.25) is 0 Å². The molecule has 0 radical (unpaired) electrons. The minimum absolute atomic E-state index is 0.182. The number of hydrogen-bond acceptors (Lipinski definition) is 2. The second-order valence-electron chi connectivity index (χ2n) is 5.25. The number of halogens is 2. The lowest BCUT2D eigenvalue weighted by Gasteiger charge is -2.15. The van der Waals surface area contributed by atoms with Crippen LogP contribution >= 0.6 is 23.2 Å². The molecule has 21 heavy (non-hydrogen) atoms. The van der Waals surface area contributed by atoms with Crippen molar-refractivity contribution in [1.29, 1.82) is 0 Å². The number of aromatic nitrogens is 2. The van der Waals surface area contributed by atoms with Gasteiger partial charge in [-0.25, -0.2) is 9.97 Å². The van der Waals surface area contributed by atoms with Crippen molar-refractivity contribution in [3.05, 3.63) is 52.9 Å². The minimum Gasteiger partial charge on any atom is -0.218 e. The molecule has 0 aliphatic carbocycles. The maximum absolute atomic E-state index is 6.06. The molecule has 0 amide bonds. The molecule has 0 N–H and O–H groups in total. The van der Waals surface area contributed by atoms with E-state index in [1.54, 1.807) is 6.07 Å². The summed E-state index contributed by atoms with van der Waals surface area (Å²) in [4.78, 5) is 8.33. The largest absolute Gasteiger partial charge is 0.224 e. The molecule has 0 aliphatic heterocycles. The molecule has 0 saturated carbocycles. The Bertz CT molecular complexity index is 798. The zero-order chi connectivity index (χ0) is 15.0. The predicted molar refractivity (Wildman–Crippen MR) is 93.5 cm³/mol. The molecule has 1 heterocycles. The van der Waals surface area contributed by atoms with Crippen molar-refractivity contribution in [1.82, 2.24) is 9.97 Å². The molecule has 0 fully saturated rings. The van der Waals surface area contributed by atoms with E-state index < -0.39 is 8.80 Å². The summed E-state index contributed by atoms with van der Waals surface area (Å²) in [6.07, 6.45) is 0. The van der Waals surface area contributed by atoms with E-state index in [1.165, 1.54) is 16.0 Å². The van der Waals surface area contributed by atoms with E-state index in [4.69, 9.17) is 23.2 Å². The fourth-order valence-electron chi connectivity index (χ4n) is 2.57. The lowest BCUT2D eigenvalue weighted by atomic mass is 10.0. The minimum atomic E-state index is -1.02. The van der Waals surface area contributed by atoms with Crippen LogP contribution in [0.2, 0.25) is 23.5 Å². The predicted octanol–water partition coefficient (Wildman–Crippen LogP) is 4.30. The van der Waals surface area contributed by atoms with Gasteiger partial charge in [-0.05, 0) is 22.4 Å². The van der Waals surface area contributed by atoms with E-state index >= 15 is 0 Å². The number of hydrogen-bond donors (Lipinski definition) is 0. The molecule has 0 unspecified atom stereocenters. The first-order valence-corrected chi connectivity index (χ1v) is 10.4. The van der Waals surface area contributed by atoms with E-state index in [0.29, 0.717) is 5.15 Å². The number of fused-ring (bicyclic) bond motifs is 1. The van der Waals surface area contributed by atoms with Crippen LogP contribution in [0.25, 0.3) is 22.0 Å². The van der Waals surface area contributed by atoms with E-state index in [1.807, 2.05) is 12.1 Å². The van der Waals surface area contributed by atoms with Gasteiger partial charge in [0.25, 0.3) is 0 Å². The Hall–Kier alpha value is -1.42. The molecule has 0 aliphatic rings. The first-order valence-electron chi connectivity index (χ1n) is 6.78. The summed E-state index contributed by atoms with van der Waals surface area (Å²) in [5.74, 6) is 0. The molecule has 3 rings (SSSR count).